The minimum atomic E-state index is -0.118. The lowest BCUT2D eigenvalue weighted by atomic mass is 10.2. The van der Waals surface area contributed by atoms with Gasteiger partial charge in [0.2, 0.25) is 0 Å². The molecule has 4 aromatic heterocycles. The number of rotatable bonds is 5. The molecule has 0 spiro atoms. The number of piperazine rings is 1. The first-order valence-electron chi connectivity index (χ1n) is 10.2. The Kier molecular flexibility index (Phi) is 5.51. The number of thiophene rings is 1. The molecule has 1 saturated heterocycles. The van der Waals surface area contributed by atoms with Gasteiger partial charge in [-0.3, -0.25) is 4.79 Å². The average Bonchev–Trinajstić information content (AvgIpc) is 3.51. The first kappa shape index (κ1) is 20.1. The van der Waals surface area contributed by atoms with Crippen LogP contribution in [0.3, 0.4) is 0 Å². The second-order valence-corrected chi connectivity index (χ2v) is 8.28. The maximum absolute atomic E-state index is 12.9. The molecule has 5 rings (SSSR count). The number of carbonyl (C=O) groups is 1. The molecular weight excluding hydrogens is 426 g/mol. The first-order valence-corrected chi connectivity index (χ1v) is 11.1. The Morgan fingerprint density at radius 3 is 2.69 bits per heavy atom. The molecule has 162 valence electrons. The lowest BCUT2D eigenvalue weighted by Crippen LogP contribution is -2.49. The van der Waals surface area contributed by atoms with E-state index in [1.807, 2.05) is 48.7 Å². The van der Waals surface area contributed by atoms with Gasteiger partial charge in [-0.25, -0.2) is 15.0 Å². The summed E-state index contributed by atoms with van der Waals surface area (Å²) in [5.74, 6) is 3.40. The van der Waals surface area contributed by atoms with Crippen LogP contribution in [0.2, 0.25) is 0 Å². The van der Waals surface area contributed by atoms with E-state index in [-0.39, 0.29) is 5.91 Å². The molecule has 1 aliphatic heterocycles. The zero-order chi connectivity index (χ0) is 21.9. The van der Waals surface area contributed by atoms with Crippen molar-refractivity contribution in [3.63, 3.8) is 0 Å². The number of hydrogen-bond donors (Lipinski definition) is 1. The summed E-state index contributed by atoms with van der Waals surface area (Å²) in [6.45, 7) is 4.35. The topological polar surface area (TPSA) is 100 Å². The fourth-order valence-electron chi connectivity index (χ4n) is 3.56. The molecular formula is C22H21N7O2S. The van der Waals surface area contributed by atoms with Crippen molar-refractivity contribution in [2.24, 2.45) is 0 Å². The van der Waals surface area contributed by atoms with Crippen LogP contribution in [-0.4, -0.2) is 57.1 Å². The second kappa shape index (κ2) is 8.75. The van der Waals surface area contributed by atoms with Crippen LogP contribution in [-0.2, 0) is 0 Å². The van der Waals surface area contributed by atoms with Gasteiger partial charge in [0.15, 0.2) is 11.5 Å². The molecule has 0 unspecified atom stereocenters. The van der Waals surface area contributed by atoms with Crippen molar-refractivity contribution < 1.29 is 9.32 Å². The highest BCUT2D eigenvalue weighted by atomic mass is 32.1. The molecule has 0 aromatic carbocycles. The normalized spacial score (nSPS) is 13.9. The van der Waals surface area contributed by atoms with E-state index >= 15 is 0 Å². The molecule has 1 N–H and O–H groups in total. The molecule has 32 heavy (non-hydrogen) atoms. The molecule has 0 aliphatic carbocycles. The van der Waals surface area contributed by atoms with E-state index in [1.54, 1.807) is 28.5 Å². The van der Waals surface area contributed by atoms with Gasteiger partial charge in [-0.1, -0.05) is 17.3 Å². The van der Waals surface area contributed by atoms with Crippen molar-refractivity contribution >= 4 is 34.7 Å². The molecule has 10 heteroatoms. The third-order valence-electron chi connectivity index (χ3n) is 5.13. The SMILES string of the molecule is Cc1nc(Nc2ccccn2)cc(N2CCN(C(=O)c3cc(-c4cccs4)on3)CC2)n1. The Morgan fingerprint density at radius 1 is 1.06 bits per heavy atom. The minimum absolute atomic E-state index is 0.118. The van der Waals surface area contributed by atoms with Gasteiger partial charge < -0.3 is 19.6 Å². The standard InChI is InChI=1S/C22H21N7O2S/c1-15-24-20(26-19-6-2-3-7-23-19)14-21(25-15)28-8-10-29(11-9-28)22(30)16-13-17(31-27-16)18-5-4-12-32-18/h2-7,12-14H,8-11H2,1H3,(H,23,24,25,26). The lowest BCUT2D eigenvalue weighted by molar-refractivity contribution is 0.0736. The number of aryl methyl sites for hydroxylation is 1. The highest BCUT2D eigenvalue weighted by Gasteiger charge is 2.26. The van der Waals surface area contributed by atoms with Crippen LogP contribution >= 0.6 is 11.3 Å². The van der Waals surface area contributed by atoms with Crippen LogP contribution in [0, 0.1) is 6.92 Å². The van der Waals surface area contributed by atoms with Gasteiger partial charge in [-0.2, -0.15) is 0 Å². The van der Waals surface area contributed by atoms with Crippen LogP contribution in [0.1, 0.15) is 16.3 Å². The number of hydrogen-bond acceptors (Lipinski definition) is 9. The fourth-order valence-corrected chi connectivity index (χ4v) is 4.23. The predicted octanol–water partition coefficient (Wildman–Crippen LogP) is 3.60. The predicted molar refractivity (Wildman–Crippen MR) is 122 cm³/mol. The Labute approximate surface area is 188 Å². The number of carbonyl (C=O) groups excluding carboxylic acids is 1. The molecule has 0 bridgehead atoms. The summed E-state index contributed by atoms with van der Waals surface area (Å²) in [5.41, 5.74) is 0.335. The Balaban J connectivity index is 1.24. The molecule has 0 atom stereocenters. The van der Waals surface area contributed by atoms with Gasteiger partial charge in [-0.15, -0.1) is 11.3 Å². The lowest BCUT2D eigenvalue weighted by Gasteiger charge is -2.35. The van der Waals surface area contributed by atoms with Crippen molar-refractivity contribution in [1.82, 2.24) is 25.0 Å². The largest absolute Gasteiger partial charge is 0.355 e. The van der Waals surface area contributed by atoms with E-state index in [1.165, 1.54) is 0 Å². The summed E-state index contributed by atoms with van der Waals surface area (Å²) in [6, 6.07) is 13.2. The van der Waals surface area contributed by atoms with E-state index in [4.69, 9.17) is 4.52 Å². The van der Waals surface area contributed by atoms with Crippen molar-refractivity contribution in [2.45, 2.75) is 6.92 Å². The van der Waals surface area contributed by atoms with Crippen LogP contribution in [0.15, 0.2) is 58.6 Å². The first-order chi connectivity index (χ1) is 15.7. The maximum Gasteiger partial charge on any atom is 0.276 e. The van der Waals surface area contributed by atoms with Gasteiger partial charge in [0.1, 0.15) is 23.3 Å². The molecule has 0 saturated carbocycles. The summed E-state index contributed by atoms with van der Waals surface area (Å²) in [4.78, 5) is 31.1. The van der Waals surface area contributed by atoms with Crippen molar-refractivity contribution in [1.29, 1.82) is 0 Å². The van der Waals surface area contributed by atoms with Crippen LogP contribution in [0.25, 0.3) is 10.6 Å². The molecule has 4 aromatic rings. The van der Waals surface area contributed by atoms with Gasteiger partial charge in [0.05, 0.1) is 4.88 Å². The number of nitrogens with zero attached hydrogens (tertiary/aromatic N) is 6. The maximum atomic E-state index is 12.9. The molecule has 9 nitrogen and oxygen atoms in total. The number of amides is 1. The quantitative estimate of drug-likeness (QED) is 0.495. The average molecular weight is 448 g/mol. The fraction of sp³-hybridized carbons (Fsp3) is 0.227. The van der Waals surface area contributed by atoms with Gasteiger partial charge in [-0.05, 0) is 30.5 Å². The number of nitrogens with one attached hydrogen (secondary N) is 1. The molecule has 1 fully saturated rings. The van der Waals surface area contributed by atoms with Crippen molar-refractivity contribution in [2.75, 3.05) is 36.4 Å². The highest BCUT2D eigenvalue weighted by molar-refractivity contribution is 7.13. The van der Waals surface area contributed by atoms with E-state index in [0.29, 0.717) is 49.3 Å². The molecule has 1 amide bonds. The monoisotopic (exact) mass is 447 g/mol. The third-order valence-corrected chi connectivity index (χ3v) is 6.01. The Morgan fingerprint density at radius 2 is 1.94 bits per heavy atom. The van der Waals surface area contributed by atoms with Crippen LogP contribution in [0.5, 0.6) is 0 Å². The number of anilines is 3. The third kappa shape index (κ3) is 4.30. The molecule has 0 radical (unpaired) electrons. The van der Waals surface area contributed by atoms with Crippen LogP contribution in [0.4, 0.5) is 17.5 Å². The molecule has 1 aliphatic rings. The summed E-state index contributed by atoms with van der Waals surface area (Å²) >= 11 is 1.55. The highest BCUT2D eigenvalue weighted by Crippen LogP contribution is 2.26. The molecule has 5 heterocycles. The van der Waals surface area contributed by atoms with E-state index in [2.05, 4.69) is 30.3 Å². The summed E-state index contributed by atoms with van der Waals surface area (Å²) in [7, 11) is 0. The van der Waals surface area contributed by atoms with E-state index in [0.717, 1.165) is 16.5 Å². The van der Waals surface area contributed by atoms with Gasteiger partial charge in [0.25, 0.3) is 5.91 Å². The summed E-state index contributed by atoms with van der Waals surface area (Å²) in [5, 5.41) is 9.16. The van der Waals surface area contributed by atoms with Gasteiger partial charge in [0, 0.05) is 44.5 Å². The zero-order valence-electron chi connectivity index (χ0n) is 17.4. The minimum Gasteiger partial charge on any atom is -0.355 e. The van der Waals surface area contributed by atoms with Gasteiger partial charge >= 0.3 is 0 Å². The van der Waals surface area contributed by atoms with E-state index in [9.17, 15) is 4.79 Å². The van der Waals surface area contributed by atoms with Crippen molar-refractivity contribution in [3.8, 4) is 10.6 Å². The Hall–Kier alpha value is -3.79. The number of pyridine rings is 1. The second-order valence-electron chi connectivity index (χ2n) is 7.33. The Bertz CT molecular complexity index is 1200. The van der Waals surface area contributed by atoms with Crippen molar-refractivity contribution in [3.05, 3.63) is 65.6 Å². The van der Waals surface area contributed by atoms with E-state index < -0.39 is 0 Å². The number of aromatic nitrogens is 4. The summed E-state index contributed by atoms with van der Waals surface area (Å²) in [6.07, 6.45) is 1.73. The van der Waals surface area contributed by atoms with Crippen LogP contribution < -0.4 is 10.2 Å². The summed E-state index contributed by atoms with van der Waals surface area (Å²) < 4.78 is 5.36. The zero-order valence-corrected chi connectivity index (χ0v) is 18.2. The smallest absolute Gasteiger partial charge is 0.276 e.